The van der Waals surface area contributed by atoms with Gasteiger partial charge in [-0.2, -0.15) is 4.31 Å². The molecule has 1 spiro atoms. The van der Waals surface area contributed by atoms with Crippen LogP contribution in [-0.4, -0.2) is 49.1 Å². The lowest BCUT2D eigenvalue weighted by Gasteiger charge is -2.49. The molecule has 24 heavy (non-hydrogen) atoms. The van der Waals surface area contributed by atoms with Crippen molar-refractivity contribution >= 4 is 10.0 Å². The SMILES string of the molecule is CCCS(=O)(=O)N1Cc2ccccc2C2(CCN(C(C)C)CC2)C1. The van der Waals surface area contributed by atoms with Gasteiger partial charge in [-0.3, -0.25) is 0 Å². The van der Waals surface area contributed by atoms with E-state index in [4.69, 9.17) is 0 Å². The largest absolute Gasteiger partial charge is 0.301 e. The predicted molar refractivity (Wildman–Crippen MR) is 98.6 cm³/mol. The number of fused-ring (bicyclic) bond motifs is 2. The molecule has 0 unspecified atom stereocenters. The second-order valence-electron chi connectivity index (χ2n) is 7.65. The molecule has 2 aliphatic heterocycles. The van der Waals surface area contributed by atoms with Gasteiger partial charge in [-0.05, 0) is 57.3 Å². The first-order valence-corrected chi connectivity index (χ1v) is 10.8. The zero-order chi connectivity index (χ0) is 17.4. The molecule has 0 amide bonds. The molecule has 0 aliphatic carbocycles. The van der Waals surface area contributed by atoms with Gasteiger partial charge < -0.3 is 4.90 Å². The van der Waals surface area contributed by atoms with Gasteiger partial charge in [-0.1, -0.05) is 31.2 Å². The highest BCUT2D eigenvalue weighted by Gasteiger charge is 2.44. The van der Waals surface area contributed by atoms with Crippen LogP contribution in [0.3, 0.4) is 0 Å². The number of nitrogens with zero attached hydrogens (tertiary/aromatic N) is 2. The Morgan fingerprint density at radius 1 is 1.17 bits per heavy atom. The molecule has 3 rings (SSSR count). The first kappa shape index (κ1) is 17.9. The van der Waals surface area contributed by atoms with Gasteiger partial charge in [0.15, 0.2) is 0 Å². The van der Waals surface area contributed by atoms with E-state index in [2.05, 4.69) is 36.9 Å². The summed E-state index contributed by atoms with van der Waals surface area (Å²) < 4.78 is 27.2. The minimum Gasteiger partial charge on any atom is -0.301 e. The van der Waals surface area contributed by atoms with Gasteiger partial charge in [0.25, 0.3) is 0 Å². The van der Waals surface area contributed by atoms with E-state index in [-0.39, 0.29) is 11.2 Å². The third-order valence-electron chi connectivity index (χ3n) is 5.76. The van der Waals surface area contributed by atoms with E-state index in [1.54, 1.807) is 4.31 Å². The molecule has 4 nitrogen and oxygen atoms in total. The highest BCUT2D eigenvalue weighted by atomic mass is 32.2. The van der Waals surface area contributed by atoms with Gasteiger partial charge in [0, 0.05) is 24.5 Å². The Labute approximate surface area is 146 Å². The van der Waals surface area contributed by atoms with Gasteiger partial charge >= 0.3 is 0 Å². The smallest absolute Gasteiger partial charge is 0.214 e. The predicted octanol–water partition coefficient (Wildman–Crippen LogP) is 2.98. The Morgan fingerprint density at radius 3 is 2.46 bits per heavy atom. The number of benzene rings is 1. The van der Waals surface area contributed by atoms with Crippen molar-refractivity contribution < 1.29 is 8.42 Å². The lowest BCUT2D eigenvalue weighted by Crippen LogP contribution is -2.54. The second-order valence-corrected chi connectivity index (χ2v) is 9.74. The van der Waals surface area contributed by atoms with Crippen molar-refractivity contribution in [3.05, 3.63) is 35.4 Å². The van der Waals surface area contributed by atoms with E-state index in [1.807, 2.05) is 13.0 Å². The monoisotopic (exact) mass is 350 g/mol. The molecule has 0 saturated carbocycles. The Morgan fingerprint density at radius 2 is 1.83 bits per heavy atom. The van der Waals surface area contributed by atoms with Gasteiger partial charge in [-0.25, -0.2) is 8.42 Å². The van der Waals surface area contributed by atoms with Gasteiger partial charge in [0.1, 0.15) is 0 Å². The van der Waals surface area contributed by atoms with Gasteiger partial charge in [0.2, 0.25) is 10.0 Å². The van der Waals surface area contributed by atoms with Crippen molar-refractivity contribution in [1.29, 1.82) is 0 Å². The van der Waals surface area contributed by atoms with Gasteiger partial charge in [-0.15, -0.1) is 0 Å². The first-order chi connectivity index (χ1) is 11.4. The first-order valence-electron chi connectivity index (χ1n) is 9.18. The van der Waals surface area contributed by atoms with Crippen LogP contribution < -0.4 is 0 Å². The van der Waals surface area contributed by atoms with Crippen LogP contribution in [0.15, 0.2) is 24.3 Å². The van der Waals surface area contributed by atoms with E-state index < -0.39 is 10.0 Å². The molecule has 0 radical (unpaired) electrons. The number of likely N-dealkylation sites (tertiary alicyclic amines) is 1. The topological polar surface area (TPSA) is 40.6 Å². The van der Waals surface area contributed by atoms with Crippen LogP contribution in [0.5, 0.6) is 0 Å². The van der Waals surface area contributed by atoms with Crippen LogP contribution in [-0.2, 0) is 22.0 Å². The van der Waals surface area contributed by atoms with Crippen molar-refractivity contribution in [2.75, 3.05) is 25.4 Å². The number of piperidine rings is 1. The fraction of sp³-hybridized carbons (Fsp3) is 0.684. The fourth-order valence-electron chi connectivity index (χ4n) is 4.32. The highest BCUT2D eigenvalue weighted by Crippen LogP contribution is 2.42. The number of rotatable bonds is 4. The van der Waals surface area contributed by atoms with E-state index in [9.17, 15) is 8.42 Å². The summed E-state index contributed by atoms with van der Waals surface area (Å²) in [5.41, 5.74) is 2.57. The zero-order valence-corrected chi connectivity index (χ0v) is 16.0. The summed E-state index contributed by atoms with van der Waals surface area (Å²) in [6.07, 6.45) is 2.76. The maximum absolute atomic E-state index is 12.7. The minimum absolute atomic E-state index is 0.0129. The maximum Gasteiger partial charge on any atom is 0.214 e. The van der Waals surface area contributed by atoms with Crippen molar-refractivity contribution in [2.45, 2.75) is 58.0 Å². The molecule has 0 aromatic heterocycles. The zero-order valence-electron chi connectivity index (χ0n) is 15.2. The lowest BCUT2D eigenvalue weighted by atomic mass is 9.69. The second kappa shape index (κ2) is 6.77. The molecule has 1 aromatic rings. The normalized spacial score (nSPS) is 22.0. The van der Waals surface area contributed by atoms with Crippen LogP contribution in [0.1, 0.15) is 51.2 Å². The lowest BCUT2D eigenvalue weighted by molar-refractivity contribution is 0.107. The van der Waals surface area contributed by atoms with E-state index >= 15 is 0 Å². The van der Waals surface area contributed by atoms with Crippen LogP contribution >= 0.6 is 0 Å². The molecular weight excluding hydrogens is 320 g/mol. The molecule has 2 aliphatic rings. The van der Waals surface area contributed by atoms with Crippen LogP contribution in [0.4, 0.5) is 0 Å². The quantitative estimate of drug-likeness (QED) is 0.838. The molecule has 134 valence electrons. The molecule has 1 aromatic carbocycles. The van der Waals surface area contributed by atoms with E-state index in [1.165, 1.54) is 11.1 Å². The standard InChI is InChI=1S/C19H30N2O2S/c1-4-13-24(22,23)21-14-17-7-5-6-8-18(17)19(15-21)9-11-20(12-10-19)16(2)3/h5-8,16H,4,9-15H2,1-3H3. The summed E-state index contributed by atoms with van der Waals surface area (Å²) in [7, 11) is -3.16. The number of hydrogen-bond acceptors (Lipinski definition) is 3. The Bertz CT molecular complexity index is 676. The minimum atomic E-state index is -3.16. The molecule has 1 fully saturated rings. The summed E-state index contributed by atoms with van der Waals surface area (Å²) in [5, 5.41) is 0. The highest BCUT2D eigenvalue weighted by molar-refractivity contribution is 7.89. The van der Waals surface area contributed by atoms with Crippen LogP contribution in [0.2, 0.25) is 0 Å². The summed E-state index contributed by atoms with van der Waals surface area (Å²) >= 11 is 0. The molecule has 1 saturated heterocycles. The molecule has 0 atom stereocenters. The van der Waals surface area contributed by atoms with Crippen molar-refractivity contribution in [1.82, 2.24) is 9.21 Å². The number of sulfonamides is 1. The van der Waals surface area contributed by atoms with Crippen molar-refractivity contribution in [3.8, 4) is 0 Å². The van der Waals surface area contributed by atoms with E-state index in [0.717, 1.165) is 25.9 Å². The molecule has 5 heteroatoms. The summed E-state index contributed by atoms with van der Waals surface area (Å²) in [4.78, 5) is 2.51. The Kier molecular flexibility index (Phi) is 5.05. The number of hydrogen-bond donors (Lipinski definition) is 0. The van der Waals surface area contributed by atoms with Crippen molar-refractivity contribution in [2.24, 2.45) is 0 Å². The third-order valence-corrected chi connectivity index (χ3v) is 7.72. The summed E-state index contributed by atoms with van der Waals surface area (Å²) in [6.45, 7) is 9.70. The maximum atomic E-state index is 12.7. The molecule has 0 N–H and O–H groups in total. The van der Waals surface area contributed by atoms with Crippen molar-refractivity contribution in [3.63, 3.8) is 0 Å². The fourth-order valence-corrected chi connectivity index (χ4v) is 5.88. The average Bonchev–Trinajstić information content (AvgIpc) is 2.55. The average molecular weight is 351 g/mol. The van der Waals surface area contributed by atoms with Gasteiger partial charge in [0.05, 0.1) is 5.75 Å². The Hall–Kier alpha value is -0.910. The van der Waals surface area contributed by atoms with E-state index in [0.29, 0.717) is 25.6 Å². The van der Waals surface area contributed by atoms with Crippen LogP contribution in [0.25, 0.3) is 0 Å². The Balaban J connectivity index is 1.93. The molecule has 2 heterocycles. The summed E-state index contributed by atoms with van der Waals surface area (Å²) in [5.74, 6) is 0.253. The molecule has 0 bridgehead atoms. The van der Waals surface area contributed by atoms with Crippen LogP contribution in [0, 0.1) is 0 Å². The summed E-state index contributed by atoms with van der Waals surface area (Å²) in [6, 6.07) is 9.03. The molecular formula is C19H30N2O2S. The third kappa shape index (κ3) is 3.26.